The molecule has 0 saturated carbocycles. The van der Waals surface area contributed by atoms with Crippen LogP contribution in [0.3, 0.4) is 0 Å². The van der Waals surface area contributed by atoms with Crippen LogP contribution in [0.4, 0.5) is 0 Å². The van der Waals surface area contributed by atoms with Gasteiger partial charge in [-0.2, -0.15) is 0 Å². The molecule has 0 N–H and O–H groups in total. The average Bonchev–Trinajstić information content (AvgIpc) is 3.82. The van der Waals surface area contributed by atoms with Gasteiger partial charge >= 0.3 is 0 Å². The Morgan fingerprint density at radius 2 is 1.04 bits per heavy atom. The first-order valence-corrected chi connectivity index (χ1v) is 17.5. The normalized spacial score (nSPS) is 12.3. The van der Waals surface area contributed by atoms with Crippen LogP contribution in [-0.4, -0.2) is 8.97 Å². The summed E-state index contributed by atoms with van der Waals surface area (Å²) in [6, 6.07) is 61.8. The van der Waals surface area contributed by atoms with Gasteiger partial charge in [0.15, 0.2) is 0 Å². The minimum absolute atomic E-state index is 0.909. The van der Waals surface area contributed by atoms with E-state index >= 15 is 0 Å². The summed E-state index contributed by atoms with van der Waals surface area (Å²) in [7, 11) is 0. The van der Waals surface area contributed by atoms with Gasteiger partial charge in [-0.25, -0.2) is 0 Å². The van der Waals surface area contributed by atoms with Crippen LogP contribution in [0.5, 0.6) is 0 Å². The molecule has 3 nitrogen and oxygen atoms in total. The third-order valence-electron chi connectivity index (χ3n) is 11.0. The zero-order valence-corrected chi connectivity index (χ0v) is 27.5. The van der Waals surface area contributed by atoms with Crippen molar-refractivity contribution in [3.05, 3.63) is 170 Å². The summed E-state index contributed by atoms with van der Waals surface area (Å²) in [5.74, 6) is 0. The SMILES string of the molecule is c1ccc(-c2ccc3c(c2)c2ccc4c5c6c(cccc6n4-c4cccc(-c6cccc7oc8ccccc8c67)c4)c4ccccc4n3c25)cc1. The van der Waals surface area contributed by atoms with Crippen LogP contribution >= 0.6 is 0 Å². The summed E-state index contributed by atoms with van der Waals surface area (Å²) in [6.45, 7) is 0. The molecule has 0 radical (unpaired) electrons. The number of aromatic nitrogens is 2. The van der Waals surface area contributed by atoms with Crippen molar-refractivity contribution in [1.82, 2.24) is 8.97 Å². The highest BCUT2D eigenvalue weighted by Gasteiger charge is 2.23. The third-order valence-corrected chi connectivity index (χ3v) is 11.0. The van der Waals surface area contributed by atoms with Crippen LogP contribution in [0.15, 0.2) is 174 Å². The second kappa shape index (κ2) is 9.87. The monoisotopic (exact) mass is 648 g/mol. The standard InChI is InChI=1S/C48H28N2O/c1-2-11-29(12-3-1)30-23-25-40-38(28-30)36-24-26-42-47-46-35(34-15-4-6-19-39(34)50(40)48(36)47)18-9-20-41(46)49(42)32-14-8-13-31(27-32)33-17-10-22-44-45(33)37-16-5-7-21-43(37)51-44/h1-28H. The Morgan fingerprint density at radius 3 is 1.98 bits per heavy atom. The minimum Gasteiger partial charge on any atom is -0.456 e. The van der Waals surface area contributed by atoms with E-state index < -0.39 is 0 Å². The van der Waals surface area contributed by atoms with E-state index in [0.717, 1.165) is 33.2 Å². The zero-order chi connectivity index (χ0) is 33.2. The van der Waals surface area contributed by atoms with Gasteiger partial charge in [0.2, 0.25) is 0 Å². The van der Waals surface area contributed by atoms with Crippen molar-refractivity contribution < 1.29 is 4.42 Å². The predicted octanol–water partition coefficient (Wildman–Crippen LogP) is 13.2. The van der Waals surface area contributed by atoms with Crippen LogP contribution in [0.1, 0.15) is 0 Å². The van der Waals surface area contributed by atoms with Gasteiger partial charge in [0.05, 0.1) is 27.6 Å². The third kappa shape index (κ3) is 3.57. The van der Waals surface area contributed by atoms with Gasteiger partial charge in [0.25, 0.3) is 0 Å². The molecule has 0 bridgehead atoms. The first-order valence-electron chi connectivity index (χ1n) is 17.5. The highest BCUT2D eigenvalue weighted by molar-refractivity contribution is 6.33. The number of fused-ring (bicyclic) bond motifs is 9. The summed E-state index contributed by atoms with van der Waals surface area (Å²) in [4.78, 5) is 0. The smallest absolute Gasteiger partial charge is 0.136 e. The Bertz CT molecular complexity index is 3360. The van der Waals surface area contributed by atoms with E-state index in [1.54, 1.807) is 0 Å². The number of furan rings is 1. The van der Waals surface area contributed by atoms with Crippen LogP contribution in [0.25, 0.3) is 110 Å². The van der Waals surface area contributed by atoms with Gasteiger partial charge in [0, 0.05) is 43.4 Å². The van der Waals surface area contributed by atoms with Gasteiger partial charge in [-0.05, 0) is 82.2 Å². The van der Waals surface area contributed by atoms with Gasteiger partial charge in [-0.1, -0.05) is 115 Å². The Morgan fingerprint density at radius 1 is 0.353 bits per heavy atom. The van der Waals surface area contributed by atoms with Crippen LogP contribution in [0, 0.1) is 0 Å². The van der Waals surface area contributed by atoms with Crippen molar-refractivity contribution in [3.63, 3.8) is 0 Å². The van der Waals surface area contributed by atoms with Crippen molar-refractivity contribution in [3.8, 4) is 27.9 Å². The summed E-state index contributed by atoms with van der Waals surface area (Å²) in [6.07, 6.45) is 0. The molecule has 3 heteroatoms. The van der Waals surface area contributed by atoms with Gasteiger partial charge in [0.1, 0.15) is 11.2 Å². The van der Waals surface area contributed by atoms with E-state index in [-0.39, 0.29) is 0 Å². The van der Waals surface area contributed by atoms with E-state index in [2.05, 4.69) is 173 Å². The van der Waals surface area contributed by atoms with E-state index in [1.807, 2.05) is 6.07 Å². The molecule has 0 atom stereocenters. The molecule has 0 spiro atoms. The quantitative estimate of drug-likeness (QED) is 0.187. The minimum atomic E-state index is 0.909. The second-order valence-electron chi connectivity index (χ2n) is 13.7. The van der Waals surface area contributed by atoms with E-state index in [9.17, 15) is 0 Å². The van der Waals surface area contributed by atoms with Gasteiger partial charge < -0.3 is 13.4 Å². The fraction of sp³-hybridized carbons (Fsp3) is 0. The van der Waals surface area contributed by atoms with Crippen molar-refractivity contribution in [2.45, 2.75) is 0 Å². The molecule has 51 heavy (non-hydrogen) atoms. The van der Waals surface area contributed by atoms with Crippen molar-refractivity contribution >= 4 is 81.8 Å². The van der Waals surface area contributed by atoms with E-state index in [4.69, 9.17) is 4.42 Å². The summed E-state index contributed by atoms with van der Waals surface area (Å²) in [5.41, 5.74) is 13.9. The lowest BCUT2D eigenvalue weighted by Gasteiger charge is -2.12. The van der Waals surface area contributed by atoms with Crippen molar-refractivity contribution in [2.24, 2.45) is 0 Å². The summed E-state index contributed by atoms with van der Waals surface area (Å²) >= 11 is 0. The van der Waals surface area contributed by atoms with E-state index in [1.165, 1.54) is 76.6 Å². The molecule has 12 aromatic rings. The molecule has 4 aromatic heterocycles. The fourth-order valence-electron chi connectivity index (χ4n) is 8.94. The molecule has 4 heterocycles. The Hall–Kier alpha value is -6.84. The maximum Gasteiger partial charge on any atom is 0.136 e. The van der Waals surface area contributed by atoms with Gasteiger partial charge in [-0.3, -0.25) is 0 Å². The van der Waals surface area contributed by atoms with Crippen molar-refractivity contribution in [1.29, 1.82) is 0 Å². The van der Waals surface area contributed by atoms with Crippen LogP contribution in [0.2, 0.25) is 0 Å². The number of para-hydroxylation sites is 2. The Labute approximate surface area is 292 Å². The molecule has 0 aliphatic rings. The molecule has 8 aromatic carbocycles. The lowest BCUT2D eigenvalue weighted by atomic mass is 9.99. The molecule has 0 fully saturated rings. The predicted molar refractivity (Wildman–Crippen MR) is 214 cm³/mol. The molecular weight excluding hydrogens is 621 g/mol. The molecule has 0 aliphatic carbocycles. The van der Waals surface area contributed by atoms with Crippen molar-refractivity contribution in [2.75, 3.05) is 0 Å². The molecule has 12 rings (SSSR count). The van der Waals surface area contributed by atoms with E-state index in [0.29, 0.717) is 0 Å². The lowest BCUT2D eigenvalue weighted by molar-refractivity contribution is 0.669. The average molecular weight is 649 g/mol. The number of hydrogen-bond donors (Lipinski definition) is 0. The Balaban J connectivity index is 1.20. The Kier molecular flexibility index (Phi) is 5.23. The van der Waals surface area contributed by atoms with Crippen LogP contribution < -0.4 is 0 Å². The lowest BCUT2D eigenvalue weighted by Crippen LogP contribution is -1.95. The number of hydrogen-bond acceptors (Lipinski definition) is 1. The molecule has 0 aliphatic heterocycles. The molecule has 0 unspecified atom stereocenters. The maximum atomic E-state index is 6.28. The fourth-order valence-corrected chi connectivity index (χ4v) is 8.94. The largest absolute Gasteiger partial charge is 0.456 e. The molecule has 0 amide bonds. The zero-order valence-electron chi connectivity index (χ0n) is 27.5. The topological polar surface area (TPSA) is 22.5 Å². The van der Waals surface area contributed by atoms with Crippen LogP contribution in [-0.2, 0) is 0 Å². The first kappa shape index (κ1) is 27.0. The number of benzene rings is 8. The number of rotatable bonds is 3. The molecular formula is C48H28N2O. The van der Waals surface area contributed by atoms with Gasteiger partial charge in [-0.15, -0.1) is 0 Å². The molecule has 0 saturated heterocycles. The summed E-state index contributed by atoms with van der Waals surface area (Å²) in [5, 5.41) is 9.94. The summed E-state index contributed by atoms with van der Waals surface area (Å²) < 4.78 is 11.3. The highest BCUT2D eigenvalue weighted by atomic mass is 16.3. The first-order chi connectivity index (χ1) is 25.3. The second-order valence-corrected chi connectivity index (χ2v) is 13.7. The number of nitrogens with zero attached hydrogens (tertiary/aromatic N) is 2. The molecule has 236 valence electrons. The highest BCUT2D eigenvalue weighted by Crippen LogP contribution is 2.46. The maximum absolute atomic E-state index is 6.28.